The first-order chi connectivity index (χ1) is 14.6. The Hall–Kier alpha value is -3.04. The van der Waals surface area contributed by atoms with Gasteiger partial charge in [-0.2, -0.15) is 0 Å². The van der Waals surface area contributed by atoms with Crippen molar-refractivity contribution >= 4 is 33.4 Å². The fourth-order valence-electron chi connectivity index (χ4n) is 3.50. The van der Waals surface area contributed by atoms with Gasteiger partial charge in [0, 0.05) is 17.7 Å². The molecule has 0 unspecified atom stereocenters. The predicted octanol–water partition coefficient (Wildman–Crippen LogP) is 2.28. The number of sulfonamides is 1. The number of nitrogens with two attached hydrogens (primary N) is 1. The highest BCUT2D eigenvalue weighted by molar-refractivity contribution is 7.89. The molecule has 1 amide bonds. The van der Waals surface area contributed by atoms with Gasteiger partial charge in [0.05, 0.1) is 11.3 Å². The molecule has 164 valence electrons. The minimum absolute atomic E-state index is 0.00504. The number of amides is 1. The summed E-state index contributed by atoms with van der Waals surface area (Å²) in [5.74, 6) is -1.45. The number of aryl methyl sites for hydroxylation is 3. The van der Waals surface area contributed by atoms with Gasteiger partial charge in [-0.1, -0.05) is 18.2 Å². The zero-order valence-corrected chi connectivity index (χ0v) is 18.0. The number of nitrogens with one attached hydrogen (secondary N) is 1. The summed E-state index contributed by atoms with van der Waals surface area (Å²) in [5.41, 5.74) is 3.69. The van der Waals surface area contributed by atoms with Crippen LogP contribution in [0.2, 0.25) is 0 Å². The van der Waals surface area contributed by atoms with Crippen molar-refractivity contribution in [1.82, 2.24) is 0 Å². The van der Waals surface area contributed by atoms with Crippen LogP contribution in [-0.2, 0) is 37.2 Å². The molecule has 31 heavy (non-hydrogen) atoms. The second-order valence-corrected chi connectivity index (χ2v) is 9.02. The van der Waals surface area contributed by atoms with E-state index in [0.29, 0.717) is 11.1 Å². The Morgan fingerprint density at radius 3 is 2.52 bits per heavy atom. The molecule has 2 aromatic rings. The van der Waals surface area contributed by atoms with Crippen LogP contribution in [0.1, 0.15) is 46.3 Å². The molecule has 0 saturated carbocycles. The van der Waals surface area contributed by atoms with Crippen LogP contribution in [0, 0.1) is 6.92 Å². The van der Waals surface area contributed by atoms with Gasteiger partial charge in [0.25, 0.3) is 5.91 Å². The maximum atomic E-state index is 12.3. The Morgan fingerprint density at radius 2 is 1.77 bits per heavy atom. The molecule has 0 radical (unpaired) electrons. The number of anilines is 1. The highest BCUT2D eigenvalue weighted by atomic mass is 32.2. The molecule has 1 aliphatic carbocycles. The molecule has 0 atom stereocenters. The maximum absolute atomic E-state index is 12.3. The minimum atomic E-state index is -3.93. The first-order valence-corrected chi connectivity index (χ1v) is 11.4. The Labute approximate surface area is 180 Å². The highest BCUT2D eigenvalue weighted by Gasteiger charge is 2.17. The van der Waals surface area contributed by atoms with E-state index < -0.39 is 28.5 Å². The van der Waals surface area contributed by atoms with E-state index in [9.17, 15) is 22.8 Å². The Kier molecular flexibility index (Phi) is 6.87. The van der Waals surface area contributed by atoms with Gasteiger partial charge in [-0.3, -0.25) is 14.4 Å². The van der Waals surface area contributed by atoms with Crippen LogP contribution in [0.25, 0.3) is 0 Å². The van der Waals surface area contributed by atoms with E-state index in [1.165, 1.54) is 29.3 Å². The summed E-state index contributed by atoms with van der Waals surface area (Å²) in [6.07, 6.45) is 2.95. The van der Waals surface area contributed by atoms with Crippen LogP contribution in [0.3, 0.4) is 0 Å². The molecule has 1 aliphatic rings. The van der Waals surface area contributed by atoms with Gasteiger partial charge in [0.2, 0.25) is 10.0 Å². The number of rotatable bonds is 8. The maximum Gasteiger partial charge on any atom is 0.306 e. The zero-order chi connectivity index (χ0) is 22.6. The Balaban J connectivity index is 1.46. The lowest BCUT2D eigenvalue weighted by Gasteiger charge is -2.09. The lowest BCUT2D eigenvalue weighted by molar-refractivity contribution is -0.147. The van der Waals surface area contributed by atoms with Crippen molar-refractivity contribution in [3.8, 4) is 0 Å². The van der Waals surface area contributed by atoms with Crippen molar-refractivity contribution in [1.29, 1.82) is 0 Å². The summed E-state index contributed by atoms with van der Waals surface area (Å²) in [6, 6.07) is 9.89. The molecule has 9 heteroatoms. The summed E-state index contributed by atoms with van der Waals surface area (Å²) < 4.78 is 28.0. The van der Waals surface area contributed by atoms with Gasteiger partial charge in [0.15, 0.2) is 12.4 Å². The van der Waals surface area contributed by atoms with Crippen LogP contribution in [0.5, 0.6) is 0 Å². The van der Waals surface area contributed by atoms with E-state index in [0.717, 1.165) is 19.3 Å². The molecule has 0 fully saturated rings. The first kappa shape index (κ1) is 22.6. The summed E-state index contributed by atoms with van der Waals surface area (Å²) >= 11 is 0. The van der Waals surface area contributed by atoms with Gasteiger partial charge < -0.3 is 10.1 Å². The third-order valence-corrected chi connectivity index (χ3v) is 6.17. The number of ketones is 1. The first-order valence-electron chi connectivity index (χ1n) is 9.87. The SMILES string of the molecule is Cc1ccc(NC(=O)COC(=O)CCC(=O)c2ccc3c(c2)CCC3)cc1S(N)(=O)=O. The number of hydrogen-bond acceptors (Lipinski definition) is 6. The minimum Gasteiger partial charge on any atom is -0.456 e. The number of esters is 1. The second-order valence-electron chi connectivity index (χ2n) is 7.49. The van der Waals surface area contributed by atoms with Crippen molar-refractivity contribution in [3.05, 3.63) is 58.7 Å². The summed E-state index contributed by atoms with van der Waals surface area (Å²) in [6.45, 7) is 1.03. The molecule has 0 heterocycles. The van der Waals surface area contributed by atoms with Crippen molar-refractivity contribution in [2.75, 3.05) is 11.9 Å². The quantitative estimate of drug-likeness (QED) is 0.474. The second kappa shape index (κ2) is 9.40. The van der Waals surface area contributed by atoms with Crippen LogP contribution in [-0.4, -0.2) is 32.7 Å². The monoisotopic (exact) mass is 444 g/mol. The fourth-order valence-corrected chi connectivity index (χ4v) is 4.31. The number of benzene rings is 2. The third kappa shape index (κ3) is 5.99. The number of primary sulfonamides is 1. The van der Waals surface area contributed by atoms with Crippen molar-refractivity contribution in [3.63, 3.8) is 0 Å². The van der Waals surface area contributed by atoms with Gasteiger partial charge in [0.1, 0.15) is 0 Å². The van der Waals surface area contributed by atoms with E-state index >= 15 is 0 Å². The molecule has 2 aromatic carbocycles. The molecule has 0 bridgehead atoms. The molecule has 0 aromatic heterocycles. The molecule has 0 aliphatic heterocycles. The van der Waals surface area contributed by atoms with Gasteiger partial charge in [-0.15, -0.1) is 0 Å². The molecule has 3 N–H and O–H groups in total. The number of carbonyl (C=O) groups is 3. The van der Waals surface area contributed by atoms with Gasteiger partial charge in [-0.05, 0) is 61.1 Å². The lowest BCUT2D eigenvalue weighted by atomic mass is 10.0. The van der Waals surface area contributed by atoms with Gasteiger partial charge >= 0.3 is 5.97 Å². The number of hydrogen-bond donors (Lipinski definition) is 2. The normalized spacial score (nSPS) is 12.8. The molecule has 8 nitrogen and oxygen atoms in total. The fraction of sp³-hybridized carbons (Fsp3) is 0.318. The largest absolute Gasteiger partial charge is 0.456 e. The zero-order valence-electron chi connectivity index (χ0n) is 17.1. The van der Waals surface area contributed by atoms with E-state index in [4.69, 9.17) is 9.88 Å². The standard InChI is InChI=1S/C22H24N2O6S/c1-14-5-8-18(12-20(14)31(23,28)29)24-21(26)13-30-22(27)10-9-19(25)17-7-6-15-3-2-4-16(15)11-17/h5-8,11-12H,2-4,9-10,13H2,1H3,(H,24,26)(H2,23,28,29). The third-order valence-electron chi connectivity index (χ3n) is 5.12. The van der Waals surface area contributed by atoms with Crippen molar-refractivity contribution < 1.29 is 27.5 Å². The lowest BCUT2D eigenvalue weighted by Crippen LogP contribution is -2.21. The molecule has 3 rings (SSSR count). The topological polar surface area (TPSA) is 133 Å². The molecule has 0 spiro atoms. The Morgan fingerprint density at radius 1 is 1.03 bits per heavy atom. The molecule has 0 saturated heterocycles. The van der Waals surface area contributed by atoms with E-state index in [2.05, 4.69) is 5.32 Å². The predicted molar refractivity (Wildman–Crippen MR) is 114 cm³/mol. The number of Topliss-reactive ketones (excluding diaryl/α,β-unsaturated/α-hetero) is 1. The van der Waals surface area contributed by atoms with Crippen molar-refractivity contribution in [2.24, 2.45) is 5.14 Å². The summed E-state index contributed by atoms with van der Waals surface area (Å²) in [7, 11) is -3.93. The summed E-state index contributed by atoms with van der Waals surface area (Å²) in [5, 5.41) is 7.59. The number of carbonyl (C=O) groups excluding carboxylic acids is 3. The van der Waals surface area contributed by atoms with E-state index in [1.54, 1.807) is 13.0 Å². The van der Waals surface area contributed by atoms with Gasteiger partial charge in [-0.25, -0.2) is 13.6 Å². The van der Waals surface area contributed by atoms with E-state index in [1.807, 2.05) is 12.1 Å². The summed E-state index contributed by atoms with van der Waals surface area (Å²) in [4.78, 5) is 36.1. The number of ether oxygens (including phenoxy) is 1. The van der Waals surface area contributed by atoms with Crippen LogP contribution < -0.4 is 10.5 Å². The van der Waals surface area contributed by atoms with Crippen molar-refractivity contribution in [2.45, 2.75) is 43.9 Å². The smallest absolute Gasteiger partial charge is 0.306 e. The average Bonchev–Trinajstić information content (AvgIpc) is 3.19. The van der Waals surface area contributed by atoms with Crippen LogP contribution in [0.15, 0.2) is 41.3 Å². The Bertz CT molecular complexity index is 1140. The molecular weight excluding hydrogens is 420 g/mol. The van der Waals surface area contributed by atoms with Crippen LogP contribution >= 0.6 is 0 Å². The van der Waals surface area contributed by atoms with E-state index in [-0.39, 0.29) is 29.2 Å². The highest BCUT2D eigenvalue weighted by Crippen LogP contribution is 2.23. The number of fused-ring (bicyclic) bond motifs is 1. The average molecular weight is 445 g/mol. The van der Waals surface area contributed by atoms with Crippen LogP contribution in [0.4, 0.5) is 5.69 Å². The molecular formula is C22H24N2O6S.